The molecule has 0 aromatic rings. The number of carbonyl (C=O) groups excluding carboxylic acids is 1. The van der Waals surface area contributed by atoms with E-state index >= 15 is 0 Å². The van der Waals surface area contributed by atoms with Gasteiger partial charge >= 0.3 is 5.97 Å². The largest absolute Gasteiger partial charge is 0.458 e. The lowest BCUT2D eigenvalue weighted by atomic mass is 9.72. The lowest BCUT2D eigenvalue weighted by Gasteiger charge is -2.34. The van der Waals surface area contributed by atoms with E-state index in [0.717, 1.165) is 19.3 Å². The number of cyclic esters (lactones) is 1. The van der Waals surface area contributed by atoms with Crippen LogP contribution in [-0.4, -0.2) is 11.6 Å². The maximum Gasteiger partial charge on any atom is 0.310 e. The van der Waals surface area contributed by atoms with Crippen molar-refractivity contribution in [2.24, 2.45) is 23.7 Å². The van der Waals surface area contributed by atoms with Gasteiger partial charge in [0.1, 0.15) is 5.60 Å². The van der Waals surface area contributed by atoms with E-state index in [-0.39, 0.29) is 17.5 Å². The van der Waals surface area contributed by atoms with Crippen LogP contribution in [0.1, 0.15) is 19.3 Å². The molecule has 0 aromatic carbocycles. The van der Waals surface area contributed by atoms with E-state index in [1.165, 1.54) is 0 Å². The summed E-state index contributed by atoms with van der Waals surface area (Å²) >= 11 is 0. The number of esters is 1. The molecule has 2 heteroatoms. The Bertz CT molecular complexity index is 397. The topological polar surface area (TPSA) is 26.3 Å². The molecule has 90 valence electrons. The van der Waals surface area contributed by atoms with Crippen molar-refractivity contribution in [3.05, 3.63) is 37.5 Å². The van der Waals surface area contributed by atoms with Gasteiger partial charge in [-0.3, -0.25) is 4.79 Å². The van der Waals surface area contributed by atoms with Crippen molar-refractivity contribution < 1.29 is 9.53 Å². The summed E-state index contributed by atoms with van der Waals surface area (Å²) in [5.74, 6) is 1.34. The van der Waals surface area contributed by atoms with Crippen LogP contribution in [0.15, 0.2) is 37.5 Å². The first kappa shape index (κ1) is 10.8. The zero-order valence-electron chi connectivity index (χ0n) is 9.97. The van der Waals surface area contributed by atoms with Crippen LogP contribution in [0.4, 0.5) is 0 Å². The first-order valence-electron chi connectivity index (χ1n) is 6.35. The van der Waals surface area contributed by atoms with Crippen LogP contribution >= 0.6 is 0 Å². The van der Waals surface area contributed by atoms with Crippen LogP contribution in [0.5, 0.6) is 0 Å². The molecule has 17 heavy (non-hydrogen) atoms. The molecule has 3 aliphatic rings. The maximum absolute atomic E-state index is 12.1. The molecule has 1 aliphatic heterocycles. The number of carbonyl (C=O) groups is 1. The van der Waals surface area contributed by atoms with E-state index in [1.807, 2.05) is 12.2 Å². The Labute approximate surface area is 102 Å². The molecule has 0 radical (unpaired) electrons. The third-order valence-electron chi connectivity index (χ3n) is 4.62. The average molecular weight is 230 g/mol. The molecule has 2 aliphatic carbocycles. The monoisotopic (exact) mass is 230 g/mol. The van der Waals surface area contributed by atoms with Crippen molar-refractivity contribution in [1.29, 1.82) is 0 Å². The molecule has 0 spiro atoms. The Morgan fingerprint density at radius 1 is 1.29 bits per heavy atom. The number of hydrogen-bond donors (Lipinski definition) is 0. The number of rotatable bonds is 4. The van der Waals surface area contributed by atoms with Crippen LogP contribution < -0.4 is 0 Å². The van der Waals surface area contributed by atoms with E-state index in [0.29, 0.717) is 17.8 Å². The first-order chi connectivity index (χ1) is 8.22. The highest BCUT2D eigenvalue weighted by Crippen LogP contribution is 2.59. The molecule has 0 amide bonds. The highest BCUT2D eigenvalue weighted by atomic mass is 16.6. The van der Waals surface area contributed by atoms with Crippen LogP contribution in [0.2, 0.25) is 0 Å². The molecule has 0 unspecified atom stereocenters. The number of hydrogen-bond acceptors (Lipinski definition) is 2. The van der Waals surface area contributed by atoms with Crippen LogP contribution in [0.25, 0.3) is 0 Å². The van der Waals surface area contributed by atoms with Gasteiger partial charge in [-0.1, -0.05) is 24.3 Å². The fraction of sp³-hybridized carbons (Fsp3) is 0.533. The maximum atomic E-state index is 12.1. The zero-order valence-corrected chi connectivity index (χ0v) is 9.97. The number of ether oxygens (including phenoxy) is 1. The van der Waals surface area contributed by atoms with Gasteiger partial charge in [0.2, 0.25) is 0 Å². The summed E-state index contributed by atoms with van der Waals surface area (Å²) in [4.78, 5) is 12.1. The van der Waals surface area contributed by atoms with E-state index in [9.17, 15) is 4.79 Å². The van der Waals surface area contributed by atoms with Crippen molar-refractivity contribution in [2.45, 2.75) is 24.9 Å². The predicted octanol–water partition coefficient (Wildman–Crippen LogP) is 2.87. The molecule has 4 atom stereocenters. The molecule has 2 bridgehead atoms. The molecule has 1 heterocycles. The minimum atomic E-state index is -0.366. The molecule has 2 fully saturated rings. The summed E-state index contributed by atoms with van der Waals surface area (Å²) in [5, 5.41) is 0. The van der Waals surface area contributed by atoms with Gasteiger partial charge in [-0.05, 0) is 18.3 Å². The summed E-state index contributed by atoms with van der Waals surface area (Å²) in [5.41, 5.74) is -0.366. The molecule has 1 saturated carbocycles. The van der Waals surface area contributed by atoms with Gasteiger partial charge < -0.3 is 4.74 Å². The SMILES string of the molecule is C=CCC1(CC=C)OC(=O)[C@H]2[C@@H]1[C@H]1C=C[C@@H]2C1. The first-order valence-corrected chi connectivity index (χ1v) is 6.35. The Kier molecular flexibility index (Phi) is 2.29. The minimum Gasteiger partial charge on any atom is -0.458 e. The van der Waals surface area contributed by atoms with E-state index in [2.05, 4.69) is 25.3 Å². The fourth-order valence-electron chi connectivity index (χ4n) is 4.12. The minimum absolute atomic E-state index is 0.00412. The summed E-state index contributed by atoms with van der Waals surface area (Å²) in [6.07, 6.45) is 10.8. The Hall–Kier alpha value is -1.31. The van der Waals surface area contributed by atoms with E-state index in [4.69, 9.17) is 4.74 Å². The fourth-order valence-corrected chi connectivity index (χ4v) is 4.12. The van der Waals surface area contributed by atoms with Crippen molar-refractivity contribution in [3.8, 4) is 0 Å². The summed E-state index contributed by atoms with van der Waals surface area (Å²) in [7, 11) is 0. The van der Waals surface area contributed by atoms with Gasteiger partial charge in [0.05, 0.1) is 5.92 Å². The molecule has 1 saturated heterocycles. The highest BCUT2D eigenvalue weighted by Gasteiger charge is 2.63. The lowest BCUT2D eigenvalue weighted by molar-refractivity contribution is -0.152. The Balaban J connectivity index is 2.00. The summed E-state index contributed by atoms with van der Waals surface area (Å²) < 4.78 is 5.76. The Morgan fingerprint density at radius 2 is 1.94 bits per heavy atom. The number of fused-ring (bicyclic) bond motifs is 5. The molecule has 0 aromatic heterocycles. The van der Waals surface area contributed by atoms with Crippen LogP contribution in [-0.2, 0) is 9.53 Å². The summed E-state index contributed by atoms with van der Waals surface area (Å²) in [6, 6.07) is 0. The standard InChI is InChI=1S/C15H18O2/c1-3-7-15(8-4-2)13-11-6-5-10(9-11)12(13)14(16)17-15/h3-6,10-13H,1-2,7-9H2/t10-,11+,12-,13+/m1/s1. The molecule has 2 nitrogen and oxygen atoms in total. The van der Waals surface area contributed by atoms with Crippen molar-refractivity contribution in [1.82, 2.24) is 0 Å². The Morgan fingerprint density at radius 3 is 2.59 bits per heavy atom. The average Bonchev–Trinajstić information content (AvgIpc) is 2.93. The van der Waals surface area contributed by atoms with Gasteiger partial charge in [-0.25, -0.2) is 0 Å². The molecular weight excluding hydrogens is 212 g/mol. The molecule has 3 rings (SSSR count). The third kappa shape index (κ3) is 1.30. The lowest BCUT2D eigenvalue weighted by Crippen LogP contribution is -2.38. The van der Waals surface area contributed by atoms with Gasteiger partial charge in [0.25, 0.3) is 0 Å². The van der Waals surface area contributed by atoms with Gasteiger partial charge in [0, 0.05) is 18.8 Å². The second kappa shape index (κ2) is 3.59. The quantitative estimate of drug-likeness (QED) is 0.548. The van der Waals surface area contributed by atoms with Gasteiger partial charge in [-0.15, -0.1) is 13.2 Å². The van der Waals surface area contributed by atoms with Crippen molar-refractivity contribution >= 4 is 5.97 Å². The second-order valence-electron chi connectivity index (χ2n) is 5.47. The predicted molar refractivity (Wildman–Crippen MR) is 66.2 cm³/mol. The smallest absolute Gasteiger partial charge is 0.310 e. The highest BCUT2D eigenvalue weighted by molar-refractivity contribution is 5.78. The third-order valence-corrected chi connectivity index (χ3v) is 4.62. The van der Waals surface area contributed by atoms with Crippen LogP contribution in [0.3, 0.4) is 0 Å². The van der Waals surface area contributed by atoms with Crippen LogP contribution in [0, 0.1) is 23.7 Å². The zero-order chi connectivity index (χ0) is 12.0. The van der Waals surface area contributed by atoms with E-state index < -0.39 is 0 Å². The number of allylic oxidation sites excluding steroid dienone is 2. The normalized spacial score (nSPS) is 40.1. The van der Waals surface area contributed by atoms with Gasteiger partial charge in [-0.2, -0.15) is 0 Å². The van der Waals surface area contributed by atoms with E-state index in [1.54, 1.807) is 0 Å². The molecule has 0 N–H and O–H groups in total. The van der Waals surface area contributed by atoms with Crippen molar-refractivity contribution in [2.75, 3.05) is 0 Å². The van der Waals surface area contributed by atoms with Gasteiger partial charge in [0.15, 0.2) is 0 Å². The molecular formula is C15H18O2. The summed E-state index contributed by atoms with van der Waals surface area (Å²) in [6.45, 7) is 7.62. The second-order valence-corrected chi connectivity index (χ2v) is 5.47. The van der Waals surface area contributed by atoms with Crippen molar-refractivity contribution in [3.63, 3.8) is 0 Å².